The van der Waals surface area contributed by atoms with E-state index in [0.29, 0.717) is 26.1 Å². The average Bonchev–Trinajstić information content (AvgIpc) is 2.95. The van der Waals surface area contributed by atoms with Crippen LogP contribution in [0.5, 0.6) is 0 Å². The molecule has 1 aliphatic heterocycles. The lowest BCUT2D eigenvalue weighted by Gasteiger charge is -2.26. The SMILES string of the molecule is CCNC(=O)NC(=O)C(C)N1C[C@@H]2CCC[C@@]2(C(=O)O)C1.Cl. The van der Waals surface area contributed by atoms with E-state index < -0.39 is 23.5 Å². The van der Waals surface area contributed by atoms with Crippen LogP contribution in [0.4, 0.5) is 4.79 Å². The molecular formula is C14H24ClN3O4. The van der Waals surface area contributed by atoms with E-state index in [0.717, 1.165) is 12.8 Å². The van der Waals surface area contributed by atoms with Crippen molar-refractivity contribution in [3.63, 3.8) is 0 Å². The van der Waals surface area contributed by atoms with Crippen LogP contribution in [-0.4, -0.2) is 53.6 Å². The Labute approximate surface area is 136 Å². The number of nitrogens with zero attached hydrogens (tertiary/aromatic N) is 1. The molecule has 2 rings (SSSR count). The summed E-state index contributed by atoms with van der Waals surface area (Å²) in [6, 6.07) is -1.02. The van der Waals surface area contributed by atoms with E-state index in [9.17, 15) is 19.5 Å². The molecule has 22 heavy (non-hydrogen) atoms. The Morgan fingerprint density at radius 3 is 2.64 bits per heavy atom. The number of rotatable bonds is 4. The van der Waals surface area contributed by atoms with Gasteiger partial charge < -0.3 is 10.4 Å². The van der Waals surface area contributed by atoms with Gasteiger partial charge >= 0.3 is 12.0 Å². The van der Waals surface area contributed by atoms with Gasteiger partial charge in [0.1, 0.15) is 0 Å². The Balaban J connectivity index is 0.00000242. The summed E-state index contributed by atoms with van der Waals surface area (Å²) in [6.45, 7) is 4.92. The first-order valence-electron chi connectivity index (χ1n) is 7.47. The molecule has 3 N–H and O–H groups in total. The summed E-state index contributed by atoms with van der Waals surface area (Å²) in [6.07, 6.45) is 2.51. The van der Waals surface area contributed by atoms with Crippen molar-refractivity contribution in [2.24, 2.45) is 11.3 Å². The van der Waals surface area contributed by atoms with E-state index in [4.69, 9.17) is 0 Å². The third kappa shape index (κ3) is 3.35. The summed E-state index contributed by atoms with van der Waals surface area (Å²) in [7, 11) is 0. The van der Waals surface area contributed by atoms with Gasteiger partial charge in [-0.3, -0.25) is 19.8 Å². The minimum absolute atomic E-state index is 0. The molecule has 126 valence electrons. The number of carbonyl (C=O) groups excluding carboxylic acids is 2. The van der Waals surface area contributed by atoms with Gasteiger partial charge in [-0.15, -0.1) is 12.4 Å². The summed E-state index contributed by atoms with van der Waals surface area (Å²) >= 11 is 0. The summed E-state index contributed by atoms with van der Waals surface area (Å²) in [5.74, 6) is -1.04. The molecule has 0 aromatic carbocycles. The molecule has 1 unspecified atom stereocenters. The van der Waals surface area contributed by atoms with Crippen molar-refractivity contribution < 1.29 is 19.5 Å². The topological polar surface area (TPSA) is 98.7 Å². The van der Waals surface area contributed by atoms with Crippen LogP contribution < -0.4 is 10.6 Å². The maximum Gasteiger partial charge on any atom is 0.321 e. The maximum absolute atomic E-state index is 12.0. The van der Waals surface area contributed by atoms with Gasteiger partial charge in [-0.1, -0.05) is 6.42 Å². The van der Waals surface area contributed by atoms with E-state index in [1.54, 1.807) is 13.8 Å². The minimum atomic E-state index is -0.760. The number of carbonyl (C=O) groups is 3. The average molecular weight is 334 g/mol. The normalized spacial score (nSPS) is 28.4. The van der Waals surface area contributed by atoms with Crippen molar-refractivity contribution in [1.82, 2.24) is 15.5 Å². The van der Waals surface area contributed by atoms with Crippen LogP contribution in [0.1, 0.15) is 33.1 Å². The molecule has 0 aromatic heterocycles. The van der Waals surface area contributed by atoms with Gasteiger partial charge in [0.25, 0.3) is 0 Å². The monoisotopic (exact) mass is 333 g/mol. The number of aliphatic carboxylic acids is 1. The first-order chi connectivity index (χ1) is 9.90. The quantitative estimate of drug-likeness (QED) is 0.707. The molecule has 1 saturated heterocycles. The molecule has 2 aliphatic rings. The van der Waals surface area contributed by atoms with Crippen molar-refractivity contribution in [3.8, 4) is 0 Å². The number of fused-ring (bicyclic) bond motifs is 1. The first kappa shape index (κ1) is 18.7. The van der Waals surface area contributed by atoms with Gasteiger partial charge in [-0.25, -0.2) is 4.79 Å². The van der Waals surface area contributed by atoms with Gasteiger partial charge in [0.15, 0.2) is 0 Å². The lowest BCUT2D eigenvalue weighted by Crippen LogP contribution is -2.49. The molecule has 8 heteroatoms. The number of carboxylic acids is 1. The van der Waals surface area contributed by atoms with E-state index in [1.807, 2.05) is 4.90 Å². The summed E-state index contributed by atoms with van der Waals surface area (Å²) < 4.78 is 0. The van der Waals surface area contributed by atoms with Crippen molar-refractivity contribution >= 4 is 30.3 Å². The van der Waals surface area contributed by atoms with Crippen LogP contribution in [0.25, 0.3) is 0 Å². The Bertz CT molecular complexity index is 459. The van der Waals surface area contributed by atoms with Crippen molar-refractivity contribution in [3.05, 3.63) is 0 Å². The molecule has 2 fully saturated rings. The van der Waals surface area contributed by atoms with Crippen LogP contribution in [0.15, 0.2) is 0 Å². The Kier molecular flexibility index (Phi) is 6.19. The summed E-state index contributed by atoms with van der Waals surface area (Å²) in [5, 5.41) is 14.3. The number of amides is 3. The van der Waals surface area contributed by atoms with Crippen molar-refractivity contribution in [2.75, 3.05) is 19.6 Å². The predicted octanol–water partition coefficient (Wildman–Crippen LogP) is 0.829. The van der Waals surface area contributed by atoms with E-state index in [2.05, 4.69) is 10.6 Å². The predicted molar refractivity (Wildman–Crippen MR) is 82.9 cm³/mol. The standard InChI is InChI=1S/C14H23N3O4.ClH/c1-3-15-13(21)16-11(18)9(2)17-7-10-5-4-6-14(10,8-17)12(19)20;/h9-10H,3-8H2,1-2H3,(H,19,20)(H2,15,16,18,21);1H/t9?,10-,14+;/m0./s1. The number of carboxylic acid groups (broad SMARTS) is 1. The Morgan fingerprint density at radius 2 is 2.09 bits per heavy atom. The molecule has 3 atom stereocenters. The Hall–Kier alpha value is -1.34. The summed E-state index contributed by atoms with van der Waals surface area (Å²) in [4.78, 5) is 36.9. The fourth-order valence-corrected chi connectivity index (χ4v) is 3.56. The first-order valence-corrected chi connectivity index (χ1v) is 7.47. The number of imide groups is 1. The van der Waals surface area contributed by atoms with E-state index in [-0.39, 0.29) is 24.2 Å². The van der Waals surface area contributed by atoms with E-state index >= 15 is 0 Å². The molecule has 0 spiro atoms. The lowest BCUT2D eigenvalue weighted by molar-refractivity contribution is -0.149. The number of urea groups is 1. The molecule has 1 heterocycles. The molecule has 7 nitrogen and oxygen atoms in total. The van der Waals surface area contributed by atoms with Crippen LogP contribution >= 0.6 is 12.4 Å². The van der Waals surface area contributed by atoms with Crippen molar-refractivity contribution in [2.45, 2.75) is 39.2 Å². The zero-order valence-corrected chi connectivity index (χ0v) is 13.7. The van der Waals surface area contributed by atoms with Gasteiger partial charge in [-0.05, 0) is 32.6 Å². The lowest BCUT2D eigenvalue weighted by atomic mass is 9.81. The molecule has 3 amide bonds. The number of halogens is 1. The smallest absolute Gasteiger partial charge is 0.321 e. The molecular weight excluding hydrogens is 310 g/mol. The zero-order chi connectivity index (χ0) is 15.6. The molecule has 1 saturated carbocycles. The molecule has 0 radical (unpaired) electrons. The second-order valence-electron chi connectivity index (χ2n) is 6.00. The van der Waals surface area contributed by atoms with Gasteiger partial charge in [-0.2, -0.15) is 0 Å². The van der Waals surface area contributed by atoms with Gasteiger partial charge in [0, 0.05) is 19.6 Å². The fourth-order valence-electron chi connectivity index (χ4n) is 3.56. The Morgan fingerprint density at radius 1 is 1.41 bits per heavy atom. The van der Waals surface area contributed by atoms with Crippen LogP contribution in [0, 0.1) is 11.3 Å². The maximum atomic E-state index is 12.0. The highest BCUT2D eigenvalue weighted by atomic mass is 35.5. The third-order valence-corrected chi connectivity index (χ3v) is 4.82. The van der Waals surface area contributed by atoms with Gasteiger partial charge in [0.05, 0.1) is 11.5 Å². The van der Waals surface area contributed by atoms with Crippen LogP contribution in [0.2, 0.25) is 0 Å². The van der Waals surface area contributed by atoms with E-state index in [1.165, 1.54) is 0 Å². The number of likely N-dealkylation sites (tertiary alicyclic amines) is 1. The molecule has 0 bridgehead atoms. The second-order valence-corrected chi connectivity index (χ2v) is 6.00. The van der Waals surface area contributed by atoms with Crippen LogP contribution in [0.3, 0.4) is 0 Å². The molecule has 0 aromatic rings. The highest BCUT2D eigenvalue weighted by Gasteiger charge is 2.55. The number of nitrogens with one attached hydrogen (secondary N) is 2. The van der Waals surface area contributed by atoms with Crippen LogP contribution in [-0.2, 0) is 9.59 Å². The van der Waals surface area contributed by atoms with Crippen molar-refractivity contribution in [1.29, 1.82) is 0 Å². The minimum Gasteiger partial charge on any atom is -0.481 e. The summed E-state index contributed by atoms with van der Waals surface area (Å²) in [5.41, 5.74) is -0.708. The third-order valence-electron chi connectivity index (χ3n) is 4.82. The molecule has 1 aliphatic carbocycles. The fraction of sp³-hybridized carbons (Fsp3) is 0.786. The largest absolute Gasteiger partial charge is 0.481 e. The number of hydrogen-bond donors (Lipinski definition) is 3. The highest BCUT2D eigenvalue weighted by Crippen LogP contribution is 2.49. The second kappa shape index (κ2) is 7.28. The highest BCUT2D eigenvalue weighted by molar-refractivity contribution is 5.96. The van der Waals surface area contributed by atoms with Gasteiger partial charge in [0.2, 0.25) is 5.91 Å². The number of hydrogen-bond acceptors (Lipinski definition) is 4. The zero-order valence-electron chi connectivity index (χ0n) is 12.9.